The summed E-state index contributed by atoms with van der Waals surface area (Å²) in [6.45, 7) is 2.14. The molecular formula is C16H18ClN3O. The summed E-state index contributed by atoms with van der Waals surface area (Å²) < 4.78 is 0. The summed E-state index contributed by atoms with van der Waals surface area (Å²) in [5.41, 5.74) is 14.3. The SMILES string of the molecule is CCCc1ccc(Nc2c(Cl)cc(N)cc2C(N)=O)cc1. The van der Waals surface area contributed by atoms with Crippen molar-refractivity contribution in [2.24, 2.45) is 5.73 Å². The second-order valence-electron chi connectivity index (χ2n) is 4.86. The molecule has 0 radical (unpaired) electrons. The second kappa shape index (κ2) is 6.50. The number of hydrogen-bond donors (Lipinski definition) is 3. The number of amides is 1. The smallest absolute Gasteiger partial charge is 0.250 e. The predicted octanol–water partition coefficient (Wildman–Crippen LogP) is 3.72. The first kappa shape index (κ1) is 15.2. The first-order chi connectivity index (χ1) is 10.0. The van der Waals surface area contributed by atoms with E-state index in [0.717, 1.165) is 18.5 Å². The van der Waals surface area contributed by atoms with Gasteiger partial charge in [-0.1, -0.05) is 37.1 Å². The molecule has 5 heteroatoms. The molecule has 0 bridgehead atoms. The van der Waals surface area contributed by atoms with Crippen molar-refractivity contribution in [2.45, 2.75) is 19.8 Å². The average Bonchev–Trinajstić information content (AvgIpc) is 2.43. The Kier molecular flexibility index (Phi) is 4.70. The van der Waals surface area contributed by atoms with E-state index < -0.39 is 5.91 Å². The molecule has 5 N–H and O–H groups in total. The Balaban J connectivity index is 2.32. The summed E-state index contributed by atoms with van der Waals surface area (Å²) in [4.78, 5) is 11.5. The van der Waals surface area contributed by atoms with Crippen LogP contribution in [0.4, 0.5) is 17.1 Å². The van der Waals surface area contributed by atoms with Crippen LogP contribution in [-0.2, 0) is 6.42 Å². The molecule has 0 heterocycles. The number of rotatable bonds is 5. The van der Waals surface area contributed by atoms with Gasteiger partial charge in [0.25, 0.3) is 5.91 Å². The Morgan fingerprint density at radius 3 is 2.48 bits per heavy atom. The van der Waals surface area contributed by atoms with Gasteiger partial charge >= 0.3 is 0 Å². The minimum Gasteiger partial charge on any atom is -0.399 e. The fourth-order valence-corrected chi connectivity index (χ4v) is 2.41. The van der Waals surface area contributed by atoms with Crippen molar-refractivity contribution in [1.29, 1.82) is 0 Å². The number of hydrogen-bond acceptors (Lipinski definition) is 3. The Bertz CT molecular complexity index is 653. The van der Waals surface area contributed by atoms with Gasteiger partial charge in [-0.3, -0.25) is 4.79 Å². The molecule has 0 aliphatic heterocycles. The number of benzene rings is 2. The van der Waals surface area contributed by atoms with Crippen molar-refractivity contribution < 1.29 is 4.79 Å². The van der Waals surface area contributed by atoms with Crippen LogP contribution in [0.2, 0.25) is 5.02 Å². The number of anilines is 3. The highest BCUT2D eigenvalue weighted by Crippen LogP contribution is 2.31. The van der Waals surface area contributed by atoms with E-state index in [4.69, 9.17) is 23.1 Å². The Morgan fingerprint density at radius 2 is 1.90 bits per heavy atom. The van der Waals surface area contributed by atoms with Crippen molar-refractivity contribution in [3.8, 4) is 0 Å². The lowest BCUT2D eigenvalue weighted by molar-refractivity contribution is 0.100. The van der Waals surface area contributed by atoms with Gasteiger partial charge in [0.1, 0.15) is 0 Å². The van der Waals surface area contributed by atoms with E-state index in [9.17, 15) is 4.79 Å². The van der Waals surface area contributed by atoms with E-state index >= 15 is 0 Å². The molecule has 2 aromatic carbocycles. The van der Waals surface area contributed by atoms with E-state index in [1.54, 1.807) is 6.07 Å². The molecule has 2 rings (SSSR count). The molecule has 0 saturated heterocycles. The van der Waals surface area contributed by atoms with Crippen LogP contribution in [-0.4, -0.2) is 5.91 Å². The quantitative estimate of drug-likeness (QED) is 0.736. The van der Waals surface area contributed by atoms with E-state index in [0.29, 0.717) is 16.4 Å². The Labute approximate surface area is 129 Å². The van der Waals surface area contributed by atoms with E-state index in [2.05, 4.69) is 12.2 Å². The number of primary amides is 1. The van der Waals surface area contributed by atoms with Gasteiger partial charge in [-0.15, -0.1) is 0 Å². The molecule has 0 aliphatic rings. The highest BCUT2D eigenvalue weighted by atomic mass is 35.5. The number of nitrogen functional groups attached to an aromatic ring is 1. The van der Waals surface area contributed by atoms with Crippen molar-refractivity contribution in [3.05, 3.63) is 52.5 Å². The van der Waals surface area contributed by atoms with Crippen LogP contribution in [0.25, 0.3) is 0 Å². The zero-order valence-electron chi connectivity index (χ0n) is 11.8. The molecule has 2 aromatic rings. The Hall–Kier alpha value is -2.20. The maximum Gasteiger partial charge on any atom is 0.250 e. The number of nitrogens with two attached hydrogens (primary N) is 2. The van der Waals surface area contributed by atoms with Crippen molar-refractivity contribution in [2.75, 3.05) is 11.1 Å². The molecule has 0 spiro atoms. The maximum atomic E-state index is 11.5. The summed E-state index contributed by atoms with van der Waals surface area (Å²) in [5, 5.41) is 3.49. The molecule has 110 valence electrons. The van der Waals surface area contributed by atoms with E-state index in [1.165, 1.54) is 11.6 Å². The van der Waals surface area contributed by atoms with E-state index in [-0.39, 0.29) is 5.56 Å². The van der Waals surface area contributed by atoms with Crippen LogP contribution >= 0.6 is 11.6 Å². The third-order valence-corrected chi connectivity index (χ3v) is 3.44. The van der Waals surface area contributed by atoms with Crippen molar-refractivity contribution in [3.63, 3.8) is 0 Å². The largest absolute Gasteiger partial charge is 0.399 e. The van der Waals surface area contributed by atoms with Gasteiger partial charge < -0.3 is 16.8 Å². The minimum absolute atomic E-state index is 0.276. The van der Waals surface area contributed by atoms with Gasteiger partial charge in [0, 0.05) is 11.4 Å². The lowest BCUT2D eigenvalue weighted by Crippen LogP contribution is -2.14. The first-order valence-electron chi connectivity index (χ1n) is 6.76. The highest BCUT2D eigenvalue weighted by molar-refractivity contribution is 6.34. The zero-order chi connectivity index (χ0) is 15.4. The third-order valence-electron chi connectivity index (χ3n) is 3.14. The molecule has 0 saturated carbocycles. The Morgan fingerprint density at radius 1 is 1.24 bits per heavy atom. The summed E-state index contributed by atoms with van der Waals surface area (Å²) in [5.74, 6) is -0.575. The minimum atomic E-state index is -0.575. The van der Waals surface area contributed by atoms with Crippen molar-refractivity contribution >= 4 is 34.6 Å². The van der Waals surface area contributed by atoms with Crippen molar-refractivity contribution in [1.82, 2.24) is 0 Å². The van der Waals surface area contributed by atoms with Gasteiger partial charge in [0.15, 0.2) is 0 Å². The van der Waals surface area contributed by atoms with Crippen LogP contribution in [0.3, 0.4) is 0 Å². The molecule has 0 atom stereocenters. The second-order valence-corrected chi connectivity index (χ2v) is 5.27. The molecule has 0 fully saturated rings. The predicted molar refractivity (Wildman–Crippen MR) is 88.1 cm³/mol. The van der Waals surface area contributed by atoms with Crippen LogP contribution in [0.5, 0.6) is 0 Å². The fraction of sp³-hybridized carbons (Fsp3) is 0.188. The van der Waals surface area contributed by atoms with E-state index in [1.807, 2.05) is 24.3 Å². The van der Waals surface area contributed by atoms with Gasteiger partial charge in [-0.2, -0.15) is 0 Å². The summed E-state index contributed by atoms with van der Waals surface area (Å²) in [6, 6.07) is 11.1. The number of nitrogens with one attached hydrogen (secondary N) is 1. The molecule has 1 amide bonds. The normalized spacial score (nSPS) is 10.4. The fourth-order valence-electron chi connectivity index (χ4n) is 2.14. The summed E-state index contributed by atoms with van der Waals surface area (Å²) in [7, 11) is 0. The van der Waals surface area contributed by atoms with Crippen LogP contribution in [0.1, 0.15) is 29.3 Å². The number of carbonyl (C=O) groups excluding carboxylic acids is 1. The third kappa shape index (κ3) is 3.67. The zero-order valence-corrected chi connectivity index (χ0v) is 12.6. The topological polar surface area (TPSA) is 81.1 Å². The summed E-state index contributed by atoms with van der Waals surface area (Å²) >= 11 is 6.16. The maximum absolute atomic E-state index is 11.5. The number of aryl methyl sites for hydroxylation is 1. The first-order valence-corrected chi connectivity index (χ1v) is 7.14. The molecule has 21 heavy (non-hydrogen) atoms. The molecule has 0 unspecified atom stereocenters. The van der Waals surface area contributed by atoms with Gasteiger partial charge in [0.05, 0.1) is 16.3 Å². The number of carbonyl (C=O) groups is 1. The lowest BCUT2D eigenvalue weighted by Gasteiger charge is -2.13. The lowest BCUT2D eigenvalue weighted by atomic mass is 10.1. The molecule has 0 aromatic heterocycles. The standard InChI is InChI=1S/C16H18ClN3O/c1-2-3-10-4-6-12(7-5-10)20-15-13(16(19)21)8-11(18)9-14(15)17/h4-9,20H,2-3,18H2,1H3,(H2,19,21). The van der Waals surface area contributed by atoms with Gasteiger partial charge in [0.2, 0.25) is 0 Å². The summed E-state index contributed by atoms with van der Waals surface area (Å²) in [6.07, 6.45) is 2.14. The van der Waals surface area contributed by atoms with Gasteiger partial charge in [-0.05, 0) is 36.2 Å². The number of halogens is 1. The van der Waals surface area contributed by atoms with Crippen LogP contribution in [0.15, 0.2) is 36.4 Å². The molecule has 0 aliphatic carbocycles. The average molecular weight is 304 g/mol. The van der Waals surface area contributed by atoms with Gasteiger partial charge in [-0.25, -0.2) is 0 Å². The monoisotopic (exact) mass is 303 g/mol. The molecular weight excluding hydrogens is 286 g/mol. The van der Waals surface area contributed by atoms with Crippen LogP contribution in [0, 0.1) is 0 Å². The van der Waals surface area contributed by atoms with Crippen LogP contribution < -0.4 is 16.8 Å². The molecule has 4 nitrogen and oxygen atoms in total. The highest BCUT2D eigenvalue weighted by Gasteiger charge is 2.13.